The fraction of sp³-hybridized carbons (Fsp3) is 0.667. The maximum atomic E-state index is 13.0. The molecule has 5 nitrogen and oxygen atoms in total. The van der Waals surface area contributed by atoms with Crippen LogP contribution in [-0.4, -0.2) is 48.0 Å². The number of piperazine rings is 1. The van der Waals surface area contributed by atoms with E-state index in [1.165, 1.54) is 6.20 Å². The molecule has 1 unspecified atom stereocenters. The zero-order chi connectivity index (χ0) is 18.9. The first-order valence-electron chi connectivity index (χ1n) is 9.08. The van der Waals surface area contributed by atoms with E-state index in [0.717, 1.165) is 37.8 Å². The van der Waals surface area contributed by atoms with E-state index in [9.17, 15) is 18.0 Å². The number of nitrogens with zero attached hydrogens (tertiary/aromatic N) is 3. The molecule has 1 aromatic rings. The Kier molecular flexibility index (Phi) is 5.14. The van der Waals surface area contributed by atoms with Crippen molar-refractivity contribution in [3.8, 4) is 0 Å². The number of aromatic nitrogens is 1. The van der Waals surface area contributed by atoms with Crippen LogP contribution in [0.25, 0.3) is 0 Å². The Balaban J connectivity index is 1.65. The zero-order valence-corrected chi connectivity index (χ0v) is 14.9. The molecule has 2 aliphatic rings. The average Bonchev–Trinajstić information content (AvgIpc) is 3.03. The quantitative estimate of drug-likeness (QED) is 0.889. The summed E-state index contributed by atoms with van der Waals surface area (Å²) in [7, 11) is 0. The van der Waals surface area contributed by atoms with E-state index < -0.39 is 11.7 Å². The highest BCUT2D eigenvalue weighted by Crippen LogP contribution is 2.42. The third-order valence-electron chi connectivity index (χ3n) is 5.74. The first-order valence-corrected chi connectivity index (χ1v) is 9.08. The zero-order valence-electron chi connectivity index (χ0n) is 14.9. The highest BCUT2D eigenvalue weighted by atomic mass is 19.4. The third-order valence-corrected chi connectivity index (χ3v) is 5.74. The van der Waals surface area contributed by atoms with Crippen LogP contribution >= 0.6 is 0 Å². The third kappa shape index (κ3) is 3.65. The van der Waals surface area contributed by atoms with Gasteiger partial charge in [-0.1, -0.05) is 6.92 Å². The van der Waals surface area contributed by atoms with Crippen molar-refractivity contribution < 1.29 is 18.0 Å². The molecule has 1 aromatic heterocycles. The van der Waals surface area contributed by atoms with Crippen molar-refractivity contribution in [1.82, 2.24) is 9.88 Å². The number of carbonyl (C=O) groups is 1. The lowest BCUT2D eigenvalue weighted by atomic mass is 9.81. The number of hydrogen-bond donors (Lipinski definition) is 1. The van der Waals surface area contributed by atoms with E-state index in [-0.39, 0.29) is 17.4 Å². The summed E-state index contributed by atoms with van der Waals surface area (Å²) in [6.07, 6.45) is -0.0227. The van der Waals surface area contributed by atoms with Gasteiger partial charge in [0.1, 0.15) is 5.82 Å². The first kappa shape index (κ1) is 18.9. The van der Waals surface area contributed by atoms with E-state index in [2.05, 4.69) is 4.98 Å². The molecule has 1 saturated heterocycles. The second kappa shape index (κ2) is 7.06. The van der Waals surface area contributed by atoms with Gasteiger partial charge in [0.05, 0.1) is 11.0 Å². The molecule has 2 atom stereocenters. The summed E-state index contributed by atoms with van der Waals surface area (Å²) >= 11 is 0. The van der Waals surface area contributed by atoms with Gasteiger partial charge in [0.15, 0.2) is 0 Å². The number of alkyl halides is 3. The van der Waals surface area contributed by atoms with E-state index in [1.807, 2.05) is 11.8 Å². The van der Waals surface area contributed by atoms with Crippen LogP contribution in [0.3, 0.4) is 0 Å². The van der Waals surface area contributed by atoms with Gasteiger partial charge >= 0.3 is 6.18 Å². The minimum absolute atomic E-state index is 0.0782. The number of amides is 1. The molecule has 8 heteroatoms. The molecule has 26 heavy (non-hydrogen) atoms. The Labute approximate surface area is 151 Å². The van der Waals surface area contributed by atoms with Crippen molar-refractivity contribution in [3.05, 3.63) is 23.9 Å². The van der Waals surface area contributed by atoms with Gasteiger partial charge in [0.2, 0.25) is 5.91 Å². The number of rotatable bonds is 3. The fourth-order valence-electron chi connectivity index (χ4n) is 4.08. The molecule has 2 fully saturated rings. The molecule has 2 N–H and O–H groups in total. The van der Waals surface area contributed by atoms with Gasteiger partial charge in [-0.3, -0.25) is 4.79 Å². The van der Waals surface area contributed by atoms with Gasteiger partial charge in [-0.2, -0.15) is 13.2 Å². The Morgan fingerprint density at radius 1 is 1.35 bits per heavy atom. The van der Waals surface area contributed by atoms with Crippen LogP contribution in [0.4, 0.5) is 19.0 Å². The van der Waals surface area contributed by atoms with Crippen molar-refractivity contribution in [2.24, 2.45) is 11.1 Å². The SMILES string of the molecule is CCC1(C(=O)N2CCN(c3cc(C(F)(F)F)ccn3)CC2)CC[C@@H](N)C1. The van der Waals surface area contributed by atoms with Gasteiger partial charge in [-0.05, 0) is 37.8 Å². The highest BCUT2D eigenvalue weighted by molar-refractivity contribution is 5.83. The highest BCUT2D eigenvalue weighted by Gasteiger charge is 2.45. The van der Waals surface area contributed by atoms with Crippen molar-refractivity contribution in [1.29, 1.82) is 0 Å². The number of carbonyl (C=O) groups excluding carboxylic acids is 1. The maximum Gasteiger partial charge on any atom is 0.416 e. The summed E-state index contributed by atoms with van der Waals surface area (Å²) in [5, 5.41) is 0. The van der Waals surface area contributed by atoms with Crippen molar-refractivity contribution in [3.63, 3.8) is 0 Å². The monoisotopic (exact) mass is 370 g/mol. The van der Waals surface area contributed by atoms with Crippen molar-refractivity contribution in [2.75, 3.05) is 31.1 Å². The smallest absolute Gasteiger partial charge is 0.353 e. The van der Waals surface area contributed by atoms with Crippen LogP contribution < -0.4 is 10.6 Å². The minimum atomic E-state index is -4.38. The Morgan fingerprint density at radius 3 is 2.58 bits per heavy atom. The Morgan fingerprint density at radius 2 is 2.04 bits per heavy atom. The second-order valence-electron chi connectivity index (χ2n) is 7.32. The van der Waals surface area contributed by atoms with E-state index >= 15 is 0 Å². The molecule has 1 saturated carbocycles. The van der Waals surface area contributed by atoms with Crippen LogP contribution in [-0.2, 0) is 11.0 Å². The molecule has 0 spiro atoms. The lowest BCUT2D eigenvalue weighted by Gasteiger charge is -2.40. The van der Waals surface area contributed by atoms with Crippen LogP contribution in [0.15, 0.2) is 18.3 Å². The topological polar surface area (TPSA) is 62.5 Å². The maximum absolute atomic E-state index is 13.0. The molecule has 0 bridgehead atoms. The fourth-order valence-corrected chi connectivity index (χ4v) is 4.08. The standard InChI is InChI=1S/C18H25F3N4O/c1-2-17(5-3-14(22)12-17)16(26)25-9-7-24(8-10-25)15-11-13(4-6-23-15)18(19,20)21/h4,6,11,14H,2-3,5,7-10,12,22H2,1H3/t14-,17?/m1/s1. The molecule has 144 valence electrons. The van der Waals surface area contributed by atoms with Crippen LogP contribution in [0.1, 0.15) is 38.2 Å². The van der Waals surface area contributed by atoms with E-state index in [0.29, 0.717) is 32.0 Å². The molecule has 0 radical (unpaired) electrons. The molecule has 0 aromatic carbocycles. The van der Waals surface area contributed by atoms with Gasteiger partial charge < -0.3 is 15.5 Å². The predicted octanol–water partition coefficient (Wildman–Crippen LogP) is 2.66. The number of anilines is 1. The summed E-state index contributed by atoms with van der Waals surface area (Å²) in [4.78, 5) is 20.7. The molecule has 2 heterocycles. The number of halogens is 3. The molecule has 1 amide bonds. The lowest BCUT2D eigenvalue weighted by molar-refractivity contribution is -0.142. The largest absolute Gasteiger partial charge is 0.416 e. The van der Waals surface area contributed by atoms with E-state index in [1.54, 1.807) is 4.90 Å². The predicted molar refractivity (Wildman–Crippen MR) is 92.6 cm³/mol. The summed E-state index contributed by atoms with van der Waals surface area (Å²) in [5.74, 6) is 0.449. The normalized spacial score (nSPS) is 27.0. The molecular weight excluding hydrogens is 345 g/mol. The molecule has 1 aliphatic heterocycles. The van der Waals surface area contributed by atoms with Crippen LogP contribution in [0.2, 0.25) is 0 Å². The summed E-state index contributed by atoms with van der Waals surface area (Å²) in [5.41, 5.74) is 4.95. The summed E-state index contributed by atoms with van der Waals surface area (Å²) in [6, 6.07) is 2.12. The Hall–Kier alpha value is -1.83. The molecule has 3 rings (SSSR count). The Bertz CT molecular complexity index is 658. The van der Waals surface area contributed by atoms with E-state index in [4.69, 9.17) is 5.73 Å². The summed E-state index contributed by atoms with van der Waals surface area (Å²) < 4.78 is 38.6. The minimum Gasteiger partial charge on any atom is -0.353 e. The van der Waals surface area contributed by atoms with Crippen molar-refractivity contribution >= 4 is 11.7 Å². The lowest BCUT2D eigenvalue weighted by Crippen LogP contribution is -2.53. The van der Waals surface area contributed by atoms with Crippen LogP contribution in [0.5, 0.6) is 0 Å². The van der Waals surface area contributed by atoms with Gasteiger partial charge in [-0.25, -0.2) is 4.98 Å². The average molecular weight is 370 g/mol. The van der Waals surface area contributed by atoms with Gasteiger partial charge in [-0.15, -0.1) is 0 Å². The van der Waals surface area contributed by atoms with Crippen LogP contribution in [0, 0.1) is 5.41 Å². The number of hydrogen-bond acceptors (Lipinski definition) is 4. The second-order valence-corrected chi connectivity index (χ2v) is 7.32. The van der Waals surface area contributed by atoms with Gasteiger partial charge in [0.25, 0.3) is 0 Å². The summed E-state index contributed by atoms with van der Waals surface area (Å²) in [6.45, 7) is 3.97. The first-order chi connectivity index (χ1) is 12.2. The van der Waals surface area contributed by atoms with Gasteiger partial charge in [0, 0.05) is 38.4 Å². The molecule has 1 aliphatic carbocycles. The number of nitrogens with two attached hydrogens (primary N) is 1. The molecular formula is C18H25F3N4O. The van der Waals surface area contributed by atoms with Crippen molar-refractivity contribution in [2.45, 2.75) is 44.8 Å². The number of pyridine rings is 1.